The standard InChI is InChI=1S/C7H10O2.C6H8O2.C6H10O/c1-4-5-9-7(3)6(2)8;1-3-4-8-5-6(2)7;1-3-5-7-6-4-2/h1,7H,5H2,2-3H3;1H,4-5H2,2H3;1H,4-6H2,2H3. The van der Waals surface area contributed by atoms with E-state index in [0.29, 0.717) is 6.61 Å². The first kappa shape index (κ1) is 26.8. The second-order valence-electron chi connectivity index (χ2n) is 4.42. The Morgan fingerprint density at radius 2 is 1.46 bits per heavy atom. The molecule has 0 saturated carbocycles. The molecule has 0 amide bonds. The second kappa shape index (κ2) is 23.2. The van der Waals surface area contributed by atoms with Crippen LogP contribution in [0.4, 0.5) is 0 Å². The topological polar surface area (TPSA) is 61.8 Å². The highest BCUT2D eigenvalue weighted by atomic mass is 16.5. The third kappa shape index (κ3) is 32.0. The molecule has 0 aromatic rings. The predicted octanol–water partition coefficient (Wildman–Crippen LogP) is 1.89. The molecule has 0 aromatic carbocycles. The van der Waals surface area contributed by atoms with Crippen LogP contribution in [-0.4, -0.2) is 50.7 Å². The first-order valence-corrected chi connectivity index (χ1v) is 7.44. The highest BCUT2D eigenvalue weighted by Crippen LogP contribution is 1.89. The minimum Gasteiger partial charge on any atom is -0.369 e. The summed E-state index contributed by atoms with van der Waals surface area (Å²) in [6.45, 7) is 8.45. The number of carbonyl (C=O) groups is 2. The first-order chi connectivity index (χ1) is 11.4. The van der Waals surface area contributed by atoms with Crippen molar-refractivity contribution >= 4 is 11.6 Å². The van der Waals surface area contributed by atoms with Gasteiger partial charge >= 0.3 is 0 Å². The van der Waals surface area contributed by atoms with Gasteiger partial charge in [0.05, 0.1) is 0 Å². The summed E-state index contributed by atoms with van der Waals surface area (Å²) in [5.41, 5.74) is 0. The van der Waals surface area contributed by atoms with E-state index < -0.39 is 0 Å². The smallest absolute Gasteiger partial charge is 0.158 e. The largest absolute Gasteiger partial charge is 0.369 e. The Balaban J connectivity index is -0.000000278. The predicted molar refractivity (Wildman–Crippen MR) is 95.2 cm³/mol. The van der Waals surface area contributed by atoms with Crippen molar-refractivity contribution in [1.82, 2.24) is 0 Å². The van der Waals surface area contributed by atoms with Gasteiger partial charge in [0.2, 0.25) is 0 Å². The summed E-state index contributed by atoms with van der Waals surface area (Å²) in [4.78, 5) is 20.6. The molecule has 5 heteroatoms. The van der Waals surface area contributed by atoms with E-state index in [1.807, 2.05) is 0 Å². The average molecular weight is 336 g/mol. The molecule has 0 aliphatic rings. The summed E-state index contributed by atoms with van der Waals surface area (Å²) in [6.07, 6.45) is 15.3. The fourth-order valence-electron chi connectivity index (χ4n) is 0.820. The molecular weight excluding hydrogens is 308 g/mol. The fourth-order valence-corrected chi connectivity index (χ4v) is 0.820. The molecule has 0 fully saturated rings. The molecule has 5 nitrogen and oxygen atoms in total. The summed E-state index contributed by atoms with van der Waals surface area (Å²) < 4.78 is 14.4. The zero-order chi connectivity index (χ0) is 19.2. The number of carbonyl (C=O) groups excluding carboxylic acids is 2. The van der Waals surface area contributed by atoms with Gasteiger partial charge in [0, 0.05) is 6.61 Å². The molecular formula is C19H28O5. The van der Waals surface area contributed by atoms with Gasteiger partial charge in [-0.2, -0.15) is 0 Å². The van der Waals surface area contributed by atoms with Gasteiger partial charge in [-0.1, -0.05) is 24.7 Å². The minimum atomic E-state index is -0.360. The van der Waals surface area contributed by atoms with Crippen molar-refractivity contribution < 1.29 is 23.8 Å². The Hall–Kier alpha value is -2.10. The maximum Gasteiger partial charge on any atom is 0.158 e. The molecule has 0 bridgehead atoms. The fraction of sp³-hybridized carbons (Fsp3) is 0.579. The van der Waals surface area contributed by atoms with E-state index in [1.54, 1.807) is 6.92 Å². The van der Waals surface area contributed by atoms with Crippen LogP contribution in [0.15, 0.2) is 0 Å². The third-order valence-electron chi connectivity index (χ3n) is 2.01. The molecule has 0 aliphatic carbocycles. The zero-order valence-electron chi connectivity index (χ0n) is 15.1. The monoisotopic (exact) mass is 336 g/mol. The van der Waals surface area contributed by atoms with E-state index in [4.69, 9.17) is 28.7 Å². The van der Waals surface area contributed by atoms with Gasteiger partial charge < -0.3 is 14.2 Å². The van der Waals surface area contributed by atoms with Gasteiger partial charge in [-0.05, 0) is 27.2 Å². The molecule has 0 rings (SSSR count). The van der Waals surface area contributed by atoms with Crippen LogP contribution in [0.3, 0.4) is 0 Å². The lowest BCUT2D eigenvalue weighted by Gasteiger charge is -2.04. The van der Waals surface area contributed by atoms with Gasteiger partial charge in [-0.25, -0.2) is 0 Å². The van der Waals surface area contributed by atoms with Crippen LogP contribution in [0.25, 0.3) is 0 Å². The van der Waals surface area contributed by atoms with Gasteiger partial charge in [0.1, 0.15) is 32.5 Å². The lowest BCUT2D eigenvalue weighted by atomic mass is 10.3. The number of hydrogen-bond donors (Lipinski definition) is 0. The van der Waals surface area contributed by atoms with Crippen molar-refractivity contribution in [3.8, 4) is 37.0 Å². The van der Waals surface area contributed by atoms with Crippen molar-refractivity contribution in [1.29, 1.82) is 0 Å². The second-order valence-corrected chi connectivity index (χ2v) is 4.42. The summed E-state index contributed by atoms with van der Waals surface area (Å²) in [6, 6.07) is 0. The maximum atomic E-state index is 10.5. The summed E-state index contributed by atoms with van der Waals surface area (Å²) in [5.74, 6) is 6.91. The van der Waals surface area contributed by atoms with Crippen molar-refractivity contribution in [3.05, 3.63) is 0 Å². The van der Waals surface area contributed by atoms with Crippen molar-refractivity contribution in [2.75, 3.05) is 33.0 Å². The van der Waals surface area contributed by atoms with E-state index in [1.165, 1.54) is 13.8 Å². The van der Waals surface area contributed by atoms with Crippen molar-refractivity contribution in [3.63, 3.8) is 0 Å². The number of Topliss-reactive ketones (excluding diaryl/α,β-unsaturated/α-hetero) is 2. The van der Waals surface area contributed by atoms with Gasteiger partial charge in [0.15, 0.2) is 11.6 Å². The first-order valence-electron chi connectivity index (χ1n) is 7.44. The normalized spacial score (nSPS) is 9.54. The molecule has 0 radical (unpaired) electrons. The van der Waals surface area contributed by atoms with Crippen LogP contribution >= 0.6 is 0 Å². The van der Waals surface area contributed by atoms with Crippen LogP contribution in [0.5, 0.6) is 0 Å². The van der Waals surface area contributed by atoms with E-state index in [-0.39, 0.29) is 37.5 Å². The number of hydrogen-bond acceptors (Lipinski definition) is 5. The summed E-state index contributed by atoms with van der Waals surface area (Å²) in [7, 11) is 0. The Kier molecular flexibility index (Phi) is 25.9. The van der Waals surface area contributed by atoms with E-state index in [9.17, 15) is 9.59 Å². The Morgan fingerprint density at radius 1 is 0.958 bits per heavy atom. The molecule has 1 atom stereocenters. The lowest BCUT2D eigenvalue weighted by Crippen LogP contribution is -2.17. The SMILES string of the molecule is C#CCOC(C)C(C)=O.C#CCOCC(C)=O.C#CCOCCC. The van der Waals surface area contributed by atoms with Crippen molar-refractivity contribution in [2.24, 2.45) is 0 Å². The van der Waals surface area contributed by atoms with Crippen LogP contribution in [0.1, 0.15) is 34.1 Å². The molecule has 0 N–H and O–H groups in total. The van der Waals surface area contributed by atoms with E-state index in [2.05, 4.69) is 29.4 Å². The van der Waals surface area contributed by atoms with Crippen molar-refractivity contribution in [2.45, 2.75) is 40.2 Å². The van der Waals surface area contributed by atoms with Crippen LogP contribution in [0, 0.1) is 37.0 Å². The van der Waals surface area contributed by atoms with Crippen LogP contribution < -0.4 is 0 Å². The molecule has 0 aromatic heterocycles. The quantitative estimate of drug-likeness (QED) is 0.475. The molecule has 0 spiro atoms. The zero-order valence-corrected chi connectivity index (χ0v) is 15.1. The van der Waals surface area contributed by atoms with E-state index in [0.717, 1.165) is 13.0 Å². The Morgan fingerprint density at radius 3 is 1.83 bits per heavy atom. The maximum absolute atomic E-state index is 10.5. The molecule has 134 valence electrons. The van der Waals surface area contributed by atoms with Crippen LogP contribution in [0.2, 0.25) is 0 Å². The summed E-state index contributed by atoms with van der Waals surface area (Å²) in [5, 5.41) is 0. The lowest BCUT2D eigenvalue weighted by molar-refractivity contribution is -0.126. The minimum absolute atomic E-state index is 0.000231. The number of terminal acetylenes is 3. The highest BCUT2D eigenvalue weighted by Gasteiger charge is 2.04. The number of ether oxygens (including phenoxy) is 3. The third-order valence-corrected chi connectivity index (χ3v) is 2.01. The van der Waals surface area contributed by atoms with Crippen LogP contribution in [-0.2, 0) is 23.8 Å². The van der Waals surface area contributed by atoms with Gasteiger partial charge in [-0.15, -0.1) is 19.3 Å². The Labute approximate surface area is 146 Å². The molecule has 0 heterocycles. The number of rotatable bonds is 9. The molecule has 0 saturated heterocycles. The van der Waals surface area contributed by atoms with E-state index >= 15 is 0 Å². The average Bonchev–Trinajstić information content (AvgIpc) is 2.54. The summed E-state index contributed by atoms with van der Waals surface area (Å²) >= 11 is 0. The molecule has 1 unspecified atom stereocenters. The molecule has 24 heavy (non-hydrogen) atoms. The Bertz CT molecular complexity index is 434. The van der Waals surface area contributed by atoms with Gasteiger partial charge in [0.25, 0.3) is 0 Å². The number of ketones is 2. The van der Waals surface area contributed by atoms with Gasteiger partial charge in [-0.3, -0.25) is 9.59 Å². The highest BCUT2D eigenvalue weighted by molar-refractivity contribution is 5.79. The molecule has 0 aliphatic heterocycles.